The molecule has 0 bridgehead atoms. The van der Waals surface area contributed by atoms with E-state index >= 15 is 0 Å². The molecule has 20 heavy (non-hydrogen) atoms. The number of carbonyl (C=O) groups excluding carboxylic acids is 1. The van der Waals surface area contributed by atoms with Gasteiger partial charge >= 0.3 is 0 Å². The molecule has 0 unspecified atom stereocenters. The van der Waals surface area contributed by atoms with E-state index in [0.29, 0.717) is 12.3 Å². The summed E-state index contributed by atoms with van der Waals surface area (Å²) in [5.74, 6) is 0.667. The summed E-state index contributed by atoms with van der Waals surface area (Å²) in [6.07, 6.45) is 8.03. The summed E-state index contributed by atoms with van der Waals surface area (Å²) < 4.78 is 0. The fourth-order valence-electron chi connectivity index (χ4n) is 2.87. The van der Waals surface area contributed by atoms with Crippen LogP contribution in [0.15, 0.2) is 30.3 Å². The third-order valence-corrected chi connectivity index (χ3v) is 4.21. The Labute approximate surface area is 121 Å². The molecule has 1 aliphatic rings. The maximum absolute atomic E-state index is 12.0. The van der Waals surface area contributed by atoms with Crippen molar-refractivity contribution in [2.75, 3.05) is 6.54 Å². The first-order valence-electron chi connectivity index (χ1n) is 7.83. The SMILES string of the molecule is N[C@@H](CCc1ccccc1)C(=O)NCC1CCCCC1. The van der Waals surface area contributed by atoms with Crippen molar-refractivity contribution in [1.29, 1.82) is 0 Å². The second-order valence-electron chi connectivity index (χ2n) is 5.88. The monoisotopic (exact) mass is 274 g/mol. The third kappa shape index (κ3) is 4.97. The summed E-state index contributed by atoms with van der Waals surface area (Å²) in [4.78, 5) is 12.0. The van der Waals surface area contributed by atoms with Crippen LogP contribution in [-0.2, 0) is 11.2 Å². The predicted molar refractivity (Wildman–Crippen MR) is 82.3 cm³/mol. The highest BCUT2D eigenvalue weighted by Crippen LogP contribution is 2.22. The van der Waals surface area contributed by atoms with Gasteiger partial charge in [-0.1, -0.05) is 49.6 Å². The third-order valence-electron chi connectivity index (χ3n) is 4.21. The summed E-state index contributed by atoms with van der Waals surface area (Å²) in [6.45, 7) is 0.803. The van der Waals surface area contributed by atoms with Gasteiger partial charge in [0.05, 0.1) is 6.04 Å². The van der Waals surface area contributed by atoms with Crippen LogP contribution >= 0.6 is 0 Å². The molecule has 0 aliphatic heterocycles. The molecule has 1 aromatic rings. The maximum atomic E-state index is 12.0. The van der Waals surface area contributed by atoms with E-state index in [1.54, 1.807) is 0 Å². The van der Waals surface area contributed by atoms with Gasteiger partial charge in [-0.15, -0.1) is 0 Å². The van der Waals surface area contributed by atoms with Crippen LogP contribution in [0, 0.1) is 5.92 Å². The molecule has 1 aromatic carbocycles. The minimum atomic E-state index is -0.390. The van der Waals surface area contributed by atoms with Crippen molar-refractivity contribution in [1.82, 2.24) is 5.32 Å². The summed E-state index contributed by atoms with van der Waals surface area (Å²) in [5.41, 5.74) is 7.21. The number of amides is 1. The van der Waals surface area contributed by atoms with Crippen molar-refractivity contribution in [3.63, 3.8) is 0 Å². The molecule has 0 saturated heterocycles. The highest BCUT2D eigenvalue weighted by molar-refractivity contribution is 5.81. The summed E-state index contributed by atoms with van der Waals surface area (Å²) in [6, 6.07) is 9.80. The van der Waals surface area contributed by atoms with Crippen LogP contribution in [0.2, 0.25) is 0 Å². The number of benzene rings is 1. The highest BCUT2D eigenvalue weighted by Gasteiger charge is 2.17. The minimum absolute atomic E-state index is 0.00602. The highest BCUT2D eigenvalue weighted by atomic mass is 16.2. The number of aryl methyl sites for hydroxylation is 1. The largest absolute Gasteiger partial charge is 0.354 e. The Hall–Kier alpha value is -1.35. The first-order valence-corrected chi connectivity index (χ1v) is 7.83. The smallest absolute Gasteiger partial charge is 0.236 e. The van der Waals surface area contributed by atoms with Gasteiger partial charge in [-0.25, -0.2) is 0 Å². The minimum Gasteiger partial charge on any atom is -0.354 e. The lowest BCUT2D eigenvalue weighted by Crippen LogP contribution is -2.42. The Morgan fingerprint density at radius 1 is 1.20 bits per heavy atom. The van der Waals surface area contributed by atoms with Crippen LogP contribution in [0.1, 0.15) is 44.1 Å². The van der Waals surface area contributed by atoms with Crippen molar-refractivity contribution < 1.29 is 4.79 Å². The van der Waals surface area contributed by atoms with E-state index in [-0.39, 0.29) is 5.91 Å². The van der Waals surface area contributed by atoms with E-state index in [1.807, 2.05) is 18.2 Å². The maximum Gasteiger partial charge on any atom is 0.236 e. The molecular formula is C17H26N2O. The average molecular weight is 274 g/mol. The van der Waals surface area contributed by atoms with E-state index < -0.39 is 6.04 Å². The number of carbonyl (C=O) groups is 1. The molecular weight excluding hydrogens is 248 g/mol. The summed E-state index contributed by atoms with van der Waals surface area (Å²) in [5, 5.41) is 3.02. The van der Waals surface area contributed by atoms with E-state index in [0.717, 1.165) is 13.0 Å². The van der Waals surface area contributed by atoms with Crippen LogP contribution < -0.4 is 11.1 Å². The zero-order valence-corrected chi connectivity index (χ0v) is 12.2. The van der Waals surface area contributed by atoms with Gasteiger partial charge in [0.25, 0.3) is 0 Å². The molecule has 0 spiro atoms. The number of nitrogens with two attached hydrogens (primary N) is 1. The Balaban J connectivity index is 1.66. The molecule has 1 saturated carbocycles. The molecule has 1 aliphatic carbocycles. The number of hydrogen-bond acceptors (Lipinski definition) is 2. The predicted octanol–water partition coefficient (Wildman–Crippen LogP) is 2.64. The average Bonchev–Trinajstić information content (AvgIpc) is 2.52. The van der Waals surface area contributed by atoms with E-state index in [9.17, 15) is 4.79 Å². The molecule has 1 fully saturated rings. The molecule has 1 amide bonds. The number of nitrogens with one attached hydrogen (secondary N) is 1. The Kier molecular flexibility index (Phi) is 6.06. The molecule has 3 N–H and O–H groups in total. The molecule has 0 radical (unpaired) electrons. The lowest BCUT2D eigenvalue weighted by atomic mass is 9.89. The van der Waals surface area contributed by atoms with Gasteiger partial charge in [0.2, 0.25) is 5.91 Å². The van der Waals surface area contributed by atoms with Gasteiger partial charge in [0.1, 0.15) is 0 Å². The summed E-state index contributed by atoms with van der Waals surface area (Å²) >= 11 is 0. The van der Waals surface area contributed by atoms with E-state index in [4.69, 9.17) is 5.73 Å². The quantitative estimate of drug-likeness (QED) is 0.838. The van der Waals surface area contributed by atoms with Crippen LogP contribution in [0.3, 0.4) is 0 Å². The van der Waals surface area contributed by atoms with Gasteiger partial charge < -0.3 is 11.1 Å². The lowest BCUT2D eigenvalue weighted by molar-refractivity contribution is -0.122. The lowest BCUT2D eigenvalue weighted by Gasteiger charge is -2.22. The van der Waals surface area contributed by atoms with Crippen LogP contribution in [0.5, 0.6) is 0 Å². The molecule has 2 rings (SSSR count). The Morgan fingerprint density at radius 3 is 2.60 bits per heavy atom. The van der Waals surface area contributed by atoms with Crippen LogP contribution in [0.4, 0.5) is 0 Å². The van der Waals surface area contributed by atoms with Crippen molar-refractivity contribution >= 4 is 5.91 Å². The Morgan fingerprint density at radius 2 is 1.90 bits per heavy atom. The zero-order valence-electron chi connectivity index (χ0n) is 12.2. The van der Waals surface area contributed by atoms with Gasteiger partial charge in [0, 0.05) is 6.54 Å². The van der Waals surface area contributed by atoms with Crippen molar-refractivity contribution in [3.05, 3.63) is 35.9 Å². The van der Waals surface area contributed by atoms with Gasteiger partial charge in [0.15, 0.2) is 0 Å². The zero-order chi connectivity index (χ0) is 14.2. The van der Waals surface area contributed by atoms with Gasteiger partial charge in [-0.3, -0.25) is 4.79 Å². The normalized spacial score (nSPS) is 17.6. The Bertz CT molecular complexity index is 399. The van der Waals surface area contributed by atoms with Gasteiger partial charge in [-0.05, 0) is 37.2 Å². The molecule has 0 aromatic heterocycles. The topological polar surface area (TPSA) is 55.1 Å². The fourth-order valence-corrected chi connectivity index (χ4v) is 2.87. The first-order chi connectivity index (χ1) is 9.75. The molecule has 110 valence electrons. The molecule has 3 nitrogen and oxygen atoms in total. The van der Waals surface area contributed by atoms with Gasteiger partial charge in [-0.2, -0.15) is 0 Å². The van der Waals surface area contributed by atoms with E-state index in [2.05, 4.69) is 17.4 Å². The summed E-state index contributed by atoms with van der Waals surface area (Å²) in [7, 11) is 0. The van der Waals surface area contributed by atoms with Crippen molar-refractivity contribution in [2.24, 2.45) is 11.7 Å². The van der Waals surface area contributed by atoms with Crippen LogP contribution in [0.25, 0.3) is 0 Å². The first kappa shape index (κ1) is 15.0. The molecule has 1 atom stereocenters. The fraction of sp³-hybridized carbons (Fsp3) is 0.588. The van der Waals surface area contributed by atoms with Crippen LogP contribution in [-0.4, -0.2) is 18.5 Å². The van der Waals surface area contributed by atoms with Crippen molar-refractivity contribution in [2.45, 2.75) is 51.0 Å². The second-order valence-corrected chi connectivity index (χ2v) is 5.88. The van der Waals surface area contributed by atoms with E-state index in [1.165, 1.54) is 37.7 Å². The second kappa shape index (κ2) is 8.05. The number of rotatable bonds is 6. The number of hydrogen-bond donors (Lipinski definition) is 2. The standard InChI is InChI=1S/C17H26N2O/c18-16(12-11-14-7-3-1-4-8-14)17(20)19-13-15-9-5-2-6-10-15/h1,3-4,7-8,15-16H,2,5-6,9-13,18H2,(H,19,20)/t16-/m0/s1. The molecule has 0 heterocycles. The van der Waals surface area contributed by atoms with Crippen molar-refractivity contribution in [3.8, 4) is 0 Å². The molecule has 3 heteroatoms.